The fourth-order valence-electron chi connectivity index (χ4n) is 3.11. The molecule has 5 heteroatoms. The van der Waals surface area contributed by atoms with Gasteiger partial charge in [0.15, 0.2) is 11.3 Å². The minimum Gasteiger partial charge on any atom is -0.497 e. The van der Waals surface area contributed by atoms with Gasteiger partial charge in [0, 0.05) is 24.7 Å². The summed E-state index contributed by atoms with van der Waals surface area (Å²) in [5, 5.41) is 0.523. The summed E-state index contributed by atoms with van der Waals surface area (Å²) in [7, 11) is 1.60. The van der Waals surface area contributed by atoms with Crippen molar-refractivity contribution >= 4 is 16.9 Å². The summed E-state index contributed by atoms with van der Waals surface area (Å²) in [6.45, 7) is 2.70. The Kier molecular flexibility index (Phi) is 4.15. The van der Waals surface area contributed by atoms with Crippen LogP contribution in [-0.4, -0.2) is 33.4 Å². The molecule has 0 radical (unpaired) electrons. The zero-order valence-corrected chi connectivity index (χ0v) is 14.0. The topological polar surface area (TPSA) is 51.9 Å². The summed E-state index contributed by atoms with van der Waals surface area (Å²) in [5.74, 6) is 1.22. The number of rotatable bonds is 3. The van der Waals surface area contributed by atoms with Crippen molar-refractivity contribution in [2.45, 2.75) is 0 Å². The van der Waals surface area contributed by atoms with Crippen molar-refractivity contribution in [1.82, 2.24) is 0 Å². The molecule has 1 aliphatic heterocycles. The van der Waals surface area contributed by atoms with Crippen LogP contribution in [0.3, 0.4) is 0 Å². The van der Waals surface area contributed by atoms with E-state index in [1.807, 2.05) is 41.3 Å². The molecule has 1 aromatic heterocycles. The highest BCUT2D eigenvalue weighted by Gasteiger charge is 2.18. The standard InChI is InChI=1S/C20H19NO4/c1-23-15-11-16(14-5-3-2-4-6-14)20-17(12-15)18(22)13-19(25-20)21-7-9-24-10-8-21/h2-6,11-13H,7-10H2,1H3. The summed E-state index contributed by atoms with van der Waals surface area (Å²) >= 11 is 0. The van der Waals surface area contributed by atoms with E-state index in [4.69, 9.17) is 13.9 Å². The van der Waals surface area contributed by atoms with Gasteiger partial charge in [-0.25, -0.2) is 0 Å². The molecule has 0 N–H and O–H groups in total. The van der Waals surface area contributed by atoms with E-state index < -0.39 is 0 Å². The molecule has 0 bridgehead atoms. The number of anilines is 1. The first-order chi connectivity index (χ1) is 12.3. The van der Waals surface area contributed by atoms with Crippen molar-refractivity contribution in [3.8, 4) is 16.9 Å². The van der Waals surface area contributed by atoms with Gasteiger partial charge in [-0.05, 0) is 17.7 Å². The van der Waals surface area contributed by atoms with Gasteiger partial charge in [-0.15, -0.1) is 0 Å². The molecular formula is C20H19NO4. The number of morpholine rings is 1. The van der Waals surface area contributed by atoms with Crippen molar-refractivity contribution in [3.63, 3.8) is 0 Å². The van der Waals surface area contributed by atoms with E-state index in [-0.39, 0.29) is 5.43 Å². The van der Waals surface area contributed by atoms with Crippen molar-refractivity contribution in [3.05, 3.63) is 58.8 Å². The van der Waals surface area contributed by atoms with E-state index in [9.17, 15) is 4.79 Å². The summed E-state index contributed by atoms with van der Waals surface area (Å²) in [5.41, 5.74) is 2.34. The molecule has 0 saturated carbocycles. The van der Waals surface area contributed by atoms with Gasteiger partial charge in [-0.3, -0.25) is 4.79 Å². The second kappa shape index (κ2) is 6.61. The number of fused-ring (bicyclic) bond motifs is 1. The van der Waals surface area contributed by atoms with Crippen LogP contribution >= 0.6 is 0 Å². The zero-order valence-electron chi connectivity index (χ0n) is 14.0. The molecule has 0 amide bonds. The first kappa shape index (κ1) is 15.7. The van der Waals surface area contributed by atoms with Crippen LogP contribution in [0.5, 0.6) is 5.75 Å². The fourth-order valence-corrected chi connectivity index (χ4v) is 3.11. The predicted octanol–water partition coefficient (Wildman–Crippen LogP) is 3.31. The van der Waals surface area contributed by atoms with Crippen molar-refractivity contribution in [2.75, 3.05) is 38.3 Å². The van der Waals surface area contributed by atoms with Gasteiger partial charge in [-0.2, -0.15) is 0 Å². The van der Waals surface area contributed by atoms with Gasteiger partial charge in [0.2, 0.25) is 0 Å². The Morgan fingerprint density at radius 1 is 1.04 bits per heavy atom. The number of hydrogen-bond donors (Lipinski definition) is 0. The average molecular weight is 337 g/mol. The number of methoxy groups -OCH3 is 1. The van der Waals surface area contributed by atoms with E-state index in [0.29, 0.717) is 48.9 Å². The van der Waals surface area contributed by atoms with Crippen LogP contribution in [0.15, 0.2) is 57.7 Å². The Hall–Kier alpha value is -2.79. The highest BCUT2D eigenvalue weighted by atomic mass is 16.5. The second-order valence-corrected chi connectivity index (χ2v) is 5.97. The smallest absolute Gasteiger partial charge is 0.200 e. The predicted molar refractivity (Wildman–Crippen MR) is 97.5 cm³/mol. The van der Waals surface area contributed by atoms with Crippen LogP contribution in [0.2, 0.25) is 0 Å². The number of hydrogen-bond acceptors (Lipinski definition) is 5. The van der Waals surface area contributed by atoms with Gasteiger partial charge < -0.3 is 18.8 Å². The first-order valence-electron chi connectivity index (χ1n) is 8.30. The Morgan fingerprint density at radius 2 is 1.80 bits per heavy atom. The van der Waals surface area contributed by atoms with E-state index in [1.165, 1.54) is 0 Å². The Balaban J connectivity index is 1.95. The van der Waals surface area contributed by atoms with Crippen LogP contribution in [0, 0.1) is 0 Å². The third kappa shape index (κ3) is 2.98. The monoisotopic (exact) mass is 337 g/mol. The van der Waals surface area contributed by atoms with Gasteiger partial charge >= 0.3 is 0 Å². The Morgan fingerprint density at radius 3 is 2.52 bits per heavy atom. The lowest BCUT2D eigenvalue weighted by molar-refractivity contribution is 0.121. The largest absolute Gasteiger partial charge is 0.497 e. The summed E-state index contributed by atoms with van der Waals surface area (Å²) in [4.78, 5) is 14.8. The minimum atomic E-state index is -0.0705. The molecular weight excluding hydrogens is 318 g/mol. The molecule has 0 aliphatic carbocycles. The molecule has 2 heterocycles. The summed E-state index contributed by atoms with van der Waals surface area (Å²) in [6.07, 6.45) is 0. The molecule has 128 valence electrons. The van der Waals surface area contributed by atoms with E-state index >= 15 is 0 Å². The van der Waals surface area contributed by atoms with Crippen LogP contribution in [0.25, 0.3) is 22.1 Å². The SMILES string of the molecule is COc1cc(-c2ccccc2)c2oc(N3CCOCC3)cc(=O)c2c1. The molecule has 0 spiro atoms. The first-order valence-corrected chi connectivity index (χ1v) is 8.30. The lowest BCUT2D eigenvalue weighted by atomic mass is 10.0. The van der Waals surface area contributed by atoms with Crippen molar-refractivity contribution in [2.24, 2.45) is 0 Å². The maximum Gasteiger partial charge on any atom is 0.200 e. The number of nitrogens with zero attached hydrogens (tertiary/aromatic N) is 1. The second-order valence-electron chi connectivity index (χ2n) is 5.97. The van der Waals surface area contributed by atoms with Crippen LogP contribution in [0.1, 0.15) is 0 Å². The molecule has 0 unspecified atom stereocenters. The van der Waals surface area contributed by atoms with Crippen molar-refractivity contribution < 1.29 is 13.9 Å². The third-order valence-corrected chi connectivity index (χ3v) is 4.43. The van der Waals surface area contributed by atoms with Crippen LogP contribution in [0.4, 0.5) is 5.88 Å². The van der Waals surface area contributed by atoms with Gasteiger partial charge in [0.1, 0.15) is 11.3 Å². The minimum absolute atomic E-state index is 0.0705. The number of ether oxygens (including phenoxy) is 2. The highest BCUT2D eigenvalue weighted by Crippen LogP contribution is 2.33. The molecule has 5 nitrogen and oxygen atoms in total. The van der Waals surface area contributed by atoms with E-state index in [2.05, 4.69) is 0 Å². The molecule has 1 aliphatic rings. The fraction of sp³-hybridized carbons (Fsp3) is 0.250. The molecule has 0 atom stereocenters. The van der Waals surface area contributed by atoms with Gasteiger partial charge in [0.25, 0.3) is 0 Å². The van der Waals surface area contributed by atoms with Crippen molar-refractivity contribution in [1.29, 1.82) is 0 Å². The summed E-state index contributed by atoms with van der Waals surface area (Å²) in [6, 6.07) is 15.1. The average Bonchev–Trinajstić information content (AvgIpc) is 2.68. The maximum absolute atomic E-state index is 12.7. The lowest BCUT2D eigenvalue weighted by Gasteiger charge is -2.27. The van der Waals surface area contributed by atoms with E-state index in [1.54, 1.807) is 19.2 Å². The highest BCUT2D eigenvalue weighted by molar-refractivity contribution is 5.94. The Bertz CT molecular complexity index is 943. The maximum atomic E-state index is 12.7. The molecule has 3 aromatic rings. The third-order valence-electron chi connectivity index (χ3n) is 4.43. The quantitative estimate of drug-likeness (QED) is 0.734. The van der Waals surface area contributed by atoms with Crippen LogP contribution < -0.4 is 15.1 Å². The molecule has 2 aromatic carbocycles. The zero-order chi connectivity index (χ0) is 17.2. The number of benzene rings is 2. The lowest BCUT2D eigenvalue weighted by Crippen LogP contribution is -2.36. The molecule has 25 heavy (non-hydrogen) atoms. The van der Waals surface area contributed by atoms with Gasteiger partial charge in [-0.1, -0.05) is 30.3 Å². The normalized spacial score (nSPS) is 14.7. The molecule has 4 rings (SSSR count). The van der Waals surface area contributed by atoms with E-state index in [0.717, 1.165) is 11.1 Å². The Labute approximate surface area is 145 Å². The van der Waals surface area contributed by atoms with Gasteiger partial charge in [0.05, 0.1) is 25.7 Å². The molecule has 1 saturated heterocycles. The summed E-state index contributed by atoms with van der Waals surface area (Å²) < 4.78 is 16.9. The van der Waals surface area contributed by atoms with Crippen LogP contribution in [-0.2, 0) is 4.74 Å². The molecule has 1 fully saturated rings.